The molecule has 0 spiro atoms. The lowest BCUT2D eigenvalue weighted by molar-refractivity contribution is -0.118. The van der Waals surface area contributed by atoms with Gasteiger partial charge in [0.25, 0.3) is 5.91 Å². The molecule has 4 rings (SSSR count). The molecule has 0 aliphatic heterocycles. The molecule has 1 N–H and O–H groups in total. The van der Waals surface area contributed by atoms with Crippen molar-refractivity contribution in [3.63, 3.8) is 0 Å². The summed E-state index contributed by atoms with van der Waals surface area (Å²) in [7, 11) is -0.580. The minimum absolute atomic E-state index is 0.155. The maximum absolute atomic E-state index is 12.2. The number of rotatable bonds is 6. The van der Waals surface area contributed by atoms with Gasteiger partial charge in [-0.05, 0) is 48.5 Å². The molecule has 30 heavy (non-hydrogen) atoms. The van der Waals surface area contributed by atoms with Gasteiger partial charge in [-0.15, -0.1) is 0 Å². The zero-order valence-electron chi connectivity index (χ0n) is 16.5. The maximum Gasteiger partial charge on any atom is 0.262 e. The highest BCUT2D eigenvalue weighted by Crippen LogP contribution is 2.31. The van der Waals surface area contributed by atoms with E-state index in [4.69, 9.17) is 9.15 Å². The Labute approximate surface area is 173 Å². The highest BCUT2D eigenvalue weighted by molar-refractivity contribution is 7.89. The summed E-state index contributed by atoms with van der Waals surface area (Å²) in [6.45, 7) is -0.182. The van der Waals surface area contributed by atoms with E-state index in [2.05, 4.69) is 5.32 Å². The predicted molar refractivity (Wildman–Crippen MR) is 115 cm³/mol. The van der Waals surface area contributed by atoms with Gasteiger partial charge in [-0.25, -0.2) is 12.7 Å². The first-order chi connectivity index (χ1) is 14.3. The first-order valence-corrected chi connectivity index (χ1v) is 10.6. The summed E-state index contributed by atoms with van der Waals surface area (Å²) < 4.78 is 36.7. The van der Waals surface area contributed by atoms with Crippen LogP contribution in [0, 0.1) is 0 Å². The smallest absolute Gasteiger partial charge is 0.262 e. The summed E-state index contributed by atoms with van der Waals surface area (Å²) in [5.74, 6) is 0.201. The van der Waals surface area contributed by atoms with Crippen LogP contribution in [0.15, 0.2) is 76.0 Å². The molecule has 1 amide bonds. The number of nitrogens with one attached hydrogen (secondary N) is 1. The Morgan fingerprint density at radius 3 is 2.40 bits per heavy atom. The topological polar surface area (TPSA) is 88.9 Å². The molecule has 4 aromatic rings. The molecule has 0 bridgehead atoms. The number of nitrogens with zero attached hydrogens (tertiary/aromatic N) is 1. The first kappa shape index (κ1) is 19.9. The third-order valence-electron chi connectivity index (χ3n) is 4.63. The molecular weight excluding hydrogens is 404 g/mol. The number of carbonyl (C=O) groups excluding carboxylic acids is 1. The molecule has 0 atom stereocenters. The molecule has 0 radical (unpaired) electrons. The number of hydrogen-bond acceptors (Lipinski definition) is 5. The fourth-order valence-corrected chi connectivity index (χ4v) is 3.96. The second-order valence-corrected chi connectivity index (χ2v) is 9.06. The van der Waals surface area contributed by atoms with Crippen LogP contribution in [0.4, 0.5) is 5.69 Å². The molecule has 0 saturated heterocycles. The zero-order valence-corrected chi connectivity index (χ0v) is 17.3. The summed E-state index contributed by atoms with van der Waals surface area (Å²) in [5.41, 5.74) is 2.03. The zero-order chi connectivity index (χ0) is 21.3. The lowest BCUT2D eigenvalue weighted by atomic mass is 10.1. The van der Waals surface area contributed by atoms with Crippen molar-refractivity contribution in [2.45, 2.75) is 4.90 Å². The molecule has 8 heteroatoms. The van der Waals surface area contributed by atoms with Crippen molar-refractivity contribution < 1.29 is 22.4 Å². The molecule has 1 heterocycles. The summed E-state index contributed by atoms with van der Waals surface area (Å²) in [4.78, 5) is 12.4. The van der Waals surface area contributed by atoms with Crippen LogP contribution >= 0.6 is 0 Å². The second-order valence-electron chi connectivity index (χ2n) is 6.90. The molecular formula is C22H20N2O5S. The largest absolute Gasteiger partial charge is 0.484 e. The number of ether oxygens (including phenoxy) is 1. The Morgan fingerprint density at radius 2 is 1.67 bits per heavy atom. The number of para-hydroxylation sites is 1. The number of fused-ring (bicyclic) bond motifs is 3. The molecule has 7 nitrogen and oxygen atoms in total. The SMILES string of the molecule is CN(C)S(=O)(=O)c1ccc(NC(=O)COc2ccc3oc4ccccc4c3c2)cc1. The molecule has 3 aromatic carbocycles. The van der Waals surface area contributed by atoms with Crippen molar-refractivity contribution in [2.24, 2.45) is 0 Å². The van der Waals surface area contributed by atoms with E-state index in [1.54, 1.807) is 6.07 Å². The van der Waals surface area contributed by atoms with E-state index in [1.165, 1.54) is 38.4 Å². The van der Waals surface area contributed by atoms with Gasteiger partial charge < -0.3 is 14.5 Å². The molecule has 0 aliphatic carbocycles. The summed E-state index contributed by atoms with van der Waals surface area (Å²) in [6, 6.07) is 19.1. The number of anilines is 1. The number of benzene rings is 3. The summed E-state index contributed by atoms with van der Waals surface area (Å²) in [5, 5.41) is 4.59. The van der Waals surface area contributed by atoms with Gasteiger partial charge in [0, 0.05) is 30.6 Å². The van der Waals surface area contributed by atoms with Gasteiger partial charge in [0.05, 0.1) is 4.90 Å². The third-order valence-corrected chi connectivity index (χ3v) is 6.46. The van der Waals surface area contributed by atoms with Crippen molar-refractivity contribution >= 4 is 43.6 Å². The summed E-state index contributed by atoms with van der Waals surface area (Å²) in [6.07, 6.45) is 0. The van der Waals surface area contributed by atoms with Crippen molar-refractivity contribution in [3.8, 4) is 5.75 Å². The minimum atomic E-state index is -3.51. The molecule has 1 aromatic heterocycles. The Balaban J connectivity index is 1.42. The fourth-order valence-electron chi connectivity index (χ4n) is 3.06. The quantitative estimate of drug-likeness (QED) is 0.508. The lowest BCUT2D eigenvalue weighted by Crippen LogP contribution is -2.22. The van der Waals surface area contributed by atoms with Gasteiger partial charge in [0.2, 0.25) is 10.0 Å². The summed E-state index contributed by atoms with van der Waals surface area (Å²) >= 11 is 0. The molecule has 0 unspecified atom stereocenters. The van der Waals surface area contributed by atoms with Crippen molar-refractivity contribution in [2.75, 3.05) is 26.0 Å². The average molecular weight is 424 g/mol. The van der Waals surface area contributed by atoms with Crippen LogP contribution in [0.2, 0.25) is 0 Å². The Morgan fingerprint density at radius 1 is 0.967 bits per heavy atom. The van der Waals surface area contributed by atoms with Gasteiger partial charge in [0.15, 0.2) is 6.61 Å². The Bertz CT molecular complexity index is 1320. The van der Waals surface area contributed by atoms with E-state index in [9.17, 15) is 13.2 Å². The van der Waals surface area contributed by atoms with Crippen LogP contribution in [0.1, 0.15) is 0 Å². The van der Waals surface area contributed by atoms with E-state index in [0.29, 0.717) is 11.4 Å². The number of sulfonamides is 1. The van der Waals surface area contributed by atoms with Crippen molar-refractivity contribution in [1.82, 2.24) is 4.31 Å². The van der Waals surface area contributed by atoms with Gasteiger partial charge in [-0.2, -0.15) is 0 Å². The monoisotopic (exact) mass is 424 g/mol. The Kier molecular flexibility index (Phi) is 5.19. The van der Waals surface area contributed by atoms with Crippen LogP contribution in [-0.2, 0) is 14.8 Å². The predicted octanol–water partition coefficient (Wildman–Crippen LogP) is 3.85. The lowest BCUT2D eigenvalue weighted by Gasteiger charge is -2.12. The highest BCUT2D eigenvalue weighted by atomic mass is 32.2. The van der Waals surface area contributed by atoms with Gasteiger partial charge in [-0.3, -0.25) is 4.79 Å². The first-order valence-electron chi connectivity index (χ1n) is 9.21. The van der Waals surface area contributed by atoms with E-state index in [1.807, 2.05) is 36.4 Å². The second kappa shape index (κ2) is 7.81. The molecule has 0 fully saturated rings. The maximum atomic E-state index is 12.2. The van der Waals surface area contributed by atoms with Crippen molar-refractivity contribution in [3.05, 3.63) is 66.7 Å². The average Bonchev–Trinajstić information content (AvgIpc) is 3.10. The number of furan rings is 1. The normalized spacial score (nSPS) is 11.8. The van der Waals surface area contributed by atoms with Crippen LogP contribution in [0.25, 0.3) is 21.9 Å². The third kappa shape index (κ3) is 3.87. The number of carbonyl (C=O) groups is 1. The molecule has 0 saturated carbocycles. The fraction of sp³-hybridized carbons (Fsp3) is 0.136. The van der Waals surface area contributed by atoms with Crippen LogP contribution < -0.4 is 10.1 Å². The number of amides is 1. The van der Waals surface area contributed by atoms with Crippen molar-refractivity contribution in [1.29, 1.82) is 0 Å². The van der Waals surface area contributed by atoms with Gasteiger partial charge in [0.1, 0.15) is 16.9 Å². The van der Waals surface area contributed by atoms with E-state index < -0.39 is 10.0 Å². The van der Waals surface area contributed by atoms with E-state index >= 15 is 0 Å². The molecule has 154 valence electrons. The number of hydrogen-bond donors (Lipinski definition) is 1. The van der Waals surface area contributed by atoms with Crippen LogP contribution in [0.5, 0.6) is 5.75 Å². The standard InChI is InChI=1S/C22H20N2O5S/c1-24(2)30(26,27)17-10-7-15(8-11-17)23-22(25)14-28-16-9-12-21-19(13-16)18-5-3-4-6-20(18)29-21/h3-13H,14H2,1-2H3,(H,23,25). The minimum Gasteiger partial charge on any atom is -0.484 e. The molecule has 0 aliphatic rings. The van der Waals surface area contributed by atoms with Gasteiger partial charge >= 0.3 is 0 Å². The Hall–Kier alpha value is -3.36. The van der Waals surface area contributed by atoms with Gasteiger partial charge in [-0.1, -0.05) is 18.2 Å². The van der Waals surface area contributed by atoms with Crippen LogP contribution in [-0.4, -0.2) is 39.3 Å². The van der Waals surface area contributed by atoms with Crippen LogP contribution in [0.3, 0.4) is 0 Å². The highest BCUT2D eigenvalue weighted by Gasteiger charge is 2.17. The van der Waals surface area contributed by atoms with E-state index in [-0.39, 0.29) is 17.4 Å². The van der Waals surface area contributed by atoms with E-state index in [0.717, 1.165) is 26.2 Å².